The van der Waals surface area contributed by atoms with E-state index >= 15 is 0 Å². The zero-order valence-corrected chi connectivity index (χ0v) is 8.84. The number of amides is 1. The number of carboxylic acids is 1. The number of hydrogen-bond donors (Lipinski definition) is 3. The molecule has 3 N–H and O–H groups in total. The summed E-state index contributed by atoms with van der Waals surface area (Å²) in [5, 5.41) is 19.5. The molecular formula is C8H15NO4S. The molecule has 14 heavy (non-hydrogen) atoms. The third-order valence-electron chi connectivity index (χ3n) is 1.58. The number of rotatable bonds is 7. The summed E-state index contributed by atoms with van der Waals surface area (Å²) in [5.41, 5.74) is 0. The van der Waals surface area contributed by atoms with E-state index in [-0.39, 0.29) is 18.9 Å². The Morgan fingerprint density at radius 3 is 2.57 bits per heavy atom. The molecule has 82 valence electrons. The van der Waals surface area contributed by atoms with Crippen LogP contribution in [-0.4, -0.2) is 46.7 Å². The Bertz CT molecular complexity index is 198. The van der Waals surface area contributed by atoms with Crippen molar-refractivity contribution in [3.05, 3.63) is 0 Å². The van der Waals surface area contributed by atoms with Crippen molar-refractivity contribution < 1.29 is 19.8 Å². The molecule has 0 spiro atoms. The molecule has 0 aliphatic rings. The number of carbonyl (C=O) groups excluding carboxylic acids is 1. The van der Waals surface area contributed by atoms with Gasteiger partial charge < -0.3 is 15.5 Å². The second-order valence-electron chi connectivity index (χ2n) is 2.71. The smallest absolute Gasteiger partial charge is 0.326 e. The summed E-state index contributed by atoms with van der Waals surface area (Å²) in [6, 6.07) is -0.977. The average Bonchev–Trinajstić information content (AvgIpc) is 2.14. The van der Waals surface area contributed by atoms with Crippen LogP contribution in [0.3, 0.4) is 0 Å². The first-order valence-corrected chi connectivity index (χ1v) is 5.63. The van der Waals surface area contributed by atoms with Gasteiger partial charge in [0, 0.05) is 25.2 Å². The summed E-state index contributed by atoms with van der Waals surface area (Å²) < 4.78 is 0. The molecule has 0 aromatic carbocycles. The fourth-order valence-electron chi connectivity index (χ4n) is 0.848. The van der Waals surface area contributed by atoms with Gasteiger partial charge in [-0.25, -0.2) is 4.79 Å². The van der Waals surface area contributed by atoms with Crippen molar-refractivity contribution in [3.63, 3.8) is 0 Å². The highest BCUT2D eigenvalue weighted by molar-refractivity contribution is 7.98. The van der Waals surface area contributed by atoms with E-state index < -0.39 is 12.0 Å². The first-order valence-electron chi connectivity index (χ1n) is 4.23. The number of nitrogens with one attached hydrogen (secondary N) is 1. The van der Waals surface area contributed by atoms with E-state index in [9.17, 15) is 9.59 Å². The van der Waals surface area contributed by atoms with Gasteiger partial charge in [-0.2, -0.15) is 11.8 Å². The highest BCUT2D eigenvalue weighted by Gasteiger charge is 2.18. The topological polar surface area (TPSA) is 86.6 Å². The summed E-state index contributed by atoms with van der Waals surface area (Å²) in [7, 11) is 0. The average molecular weight is 221 g/mol. The minimum absolute atomic E-state index is 0.0420. The molecule has 0 aliphatic heterocycles. The number of aliphatic hydroxyl groups excluding tert-OH is 1. The molecule has 1 unspecified atom stereocenters. The lowest BCUT2D eigenvalue weighted by Crippen LogP contribution is -2.41. The van der Waals surface area contributed by atoms with E-state index in [1.165, 1.54) is 11.8 Å². The summed E-state index contributed by atoms with van der Waals surface area (Å²) in [4.78, 5) is 21.7. The fourth-order valence-corrected chi connectivity index (χ4v) is 1.24. The molecule has 0 fully saturated rings. The largest absolute Gasteiger partial charge is 0.480 e. The molecule has 0 bridgehead atoms. The second-order valence-corrected chi connectivity index (χ2v) is 3.70. The van der Waals surface area contributed by atoms with Crippen LogP contribution in [0.5, 0.6) is 0 Å². The van der Waals surface area contributed by atoms with Crippen molar-refractivity contribution in [1.29, 1.82) is 0 Å². The maximum Gasteiger partial charge on any atom is 0.326 e. The molecule has 0 saturated heterocycles. The number of carbonyl (C=O) groups is 2. The van der Waals surface area contributed by atoms with Crippen LogP contribution in [0, 0.1) is 0 Å². The van der Waals surface area contributed by atoms with Crippen molar-refractivity contribution >= 4 is 23.6 Å². The Kier molecular flexibility index (Phi) is 7.23. The standard InChI is InChI=1S/C8H15NO4S/c1-14-5-3-7(11)9-6(2-4-10)8(12)13/h6,10H,2-5H2,1H3,(H,9,11)(H,12,13). The van der Waals surface area contributed by atoms with Crippen LogP contribution >= 0.6 is 11.8 Å². The molecule has 6 heteroatoms. The third kappa shape index (κ3) is 5.82. The van der Waals surface area contributed by atoms with Crippen LogP contribution in [0.1, 0.15) is 12.8 Å². The molecule has 0 radical (unpaired) electrons. The lowest BCUT2D eigenvalue weighted by Gasteiger charge is -2.12. The molecule has 0 aromatic heterocycles. The summed E-state index contributed by atoms with van der Waals surface area (Å²) >= 11 is 1.52. The van der Waals surface area contributed by atoms with Gasteiger partial charge >= 0.3 is 5.97 Å². The molecule has 1 atom stereocenters. The van der Waals surface area contributed by atoms with Gasteiger partial charge in [-0.05, 0) is 6.26 Å². The fraction of sp³-hybridized carbons (Fsp3) is 0.750. The van der Waals surface area contributed by atoms with Crippen molar-refractivity contribution in [2.24, 2.45) is 0 Å². The molecule has 0 saturated carbocycles. The highest BCUT2D eigenvalue weighted by atomic mass is 32.2. The SMILES string of the molecule is CSCCC(=O)NC(CCO)C(=O)O. The van der Waals surface area contributed by atoms with E-state index in [1.54, 1.807) is 0 Å². The van der Waals surface area contributed by atoms with Crippen molar-refractivity contribution in [1.82, 2.24) is 5.32 Å². The van der Waals surface area contributed by atoms with Crippen molar-refractivity contribution in [2.45, 2.75) is 18.9 Å². The quantitative estimate of drug-likeness (QED) is 0.549. The Morgan fingerprint density at radius 2 is 2.14 bits per heavy atom. The normalized spacial score (nSPS) is 12.1. The van der Waals surface area contributed by atoms with Gasteiger partial charge in [0.1, 0.15) is 6.04 Å². The van der Waals surface area contributed by atoms with Crippen molar-refractivity contribution in [3.8, 4) is 0 Å². The van der Waals surface area contributed by atoms with Crippen LogP contribution in [0.2, 0.25) is 0 Å². The Morgan fingerprint density at radius 1 is 1.50 bits per heavy atom. The predicted octanol–water partition coefficient (Wildman–Crippen LogP) is -0.309. The van der Waals surface area contributed by atoms with Crippen LogP contribution in [0.25, 0.3) is 0 Å². The highest BCUT2D eigenvalue weighted by Crippen LogP contribution is 1.97. The molecular weight excluding hydrogens is 206 g/mol. The lowest BCUT2D eigenvalue weighted by molar-refractivity contribution is -0.142. The van der Waals surface area contributed by atoms with Crippen LogP contribution in [-0.2, 0) is 9.59 Å². The third-order valence-corrected chi connectivity index (χ3v) is 2.20. The predicted molar refractivity (Wildman–Crippen MR) is 54.3 cm³/mol. The summed E-state index contributed by atoms with van der Waals surface area (Å²) in [6.07, 6.45) is 2.21. The van der Waals surface area contributed by atoms with E-state index in [4.69, 9.17) is 10.2 Å². The maximum absolute atomic E-state index is 11.1. The second kappa shape index (κ2) is 7.64. The molecule has 0 aliphatic carbocycles. The van der Waals surface area contributed by atoms with E-state index in [2.05, 4.69) is 5.32 Å². The minimum atomic E-state index is -1.11. The number of aliphatic carboxylic acids is 1. The van der Waals surface area contributed by atoms with Gasteiger partial charge in [-0.1, -0.05) is 0 Å². The maximum atomic E-state index is 11.1. The van der Waals surface area contributed by atoms with Gasteiger partial charge in [0.15, 0.2) is 0 Å². The number of thioether (sulfide) groups is 1. The number of hydrogen-bond acceptors (Lipinski definition) is 4. The van der Waals surface area contributed by atoms with Crippen LogP contribution in [0.15, 0.2) is 0 Å². The van der Waals surface area contributed by atoms with Gasteiger partial charge in [-0.15, -0.1) is 0 Å². The first kappa shape index (κ1) is 13.2. The van der Waals surface area contributed by atoms with Gasteiger partial charge in [0.05, 0.1) is 0 Å². The van der Waals surface area contributed by atoms with Gasteiger partial charge in [0.25, 0.3) is 0 Å². The van der Waals surface area contributed by atoms with Crippen molar-refractivity contribution in [2.75, 3.05) is 18.6 Å². The van der Waals surface area contributed by atoms with Crippen LogP contribution < -0.4 is 5.32 Å². The molecule has 0 rings (SSSR count). The minimum Gasteiger partial charge on any atom is -0.480 e. The molecule has 5 nitrogen and oxygen atoms in total. The Hall–Kier alpha value is -0.750. The molecule has 0 heterocycles. The van der Waals surface area contributed by atoms with Gasteiger partial charge in [0.2, 0.25) is 5.91 Å². The summed E-state index contributed by atoms with van der Waals surface area (Å²) in [5.74, 6) is -0.742. The zero-order valence-electron chi connectivity index (χ0n) is 8.02. The zero-order chi connectivity index (χ0) is 11.0. The first-order chi connectivity index (χ1) is 6.61. The summed E-state index contributed by atoms with van der Waals surface area (Å²) in [6.45, 7) is -0.250. The van der Waals surface area contributed by atoms with E-state index in [0.717, 1.165) is 0 Å². The number of aliphatic hydroxyl groups is 1. The Balaban J connectivity index is 3.90. The monoisotopic (exact) mass is 221 g/mol. The van der Waals surface area contributed by atoms with Crippen LogP contribution in [0.4, 0.5) is 0 Å². The van der Waals surface area contributed by atoms with E-state index in [1.807, 2.05) is 6.26 Å². The van der Waals surface area contributed by atoms with Gasteiger partial charge in [-0.3, -0.25) is 4.79 Å². The molecule has 0 aromatic rings. The van der Waals surface area contributed by atoms with E-state index in [0.29, 0.717) is 12.2 Å². The Labute approximate surface area is 86.9 Å². The number of carboxylic acid groups (broad SMARTS) is 1. The molecule has 1 amide bonds. The lowest BCUT2D eigenvalue weighted by atomic mass is 10.2.